The second-order valence-electron chi connectivity index (χ2n) is 20.3. The zero-order chi connectivity index (χ0) is 58.7. The third-order valence-electron chi connectivity index (χ3n) is 12.0. The molecule has 1 unspecified atom stereocenters. The summed E-state index contributed by atoms with van der Waals surface area (Å²) in [5, 5.41) is 5.41. The topological polar surface area (TPSA) is 336 Å². The van der Waals surface area contributed by atoms with Gasteiger partial charge in [0.05, 0.1) is 13.0 Å². The standard InChI is InChI=1S/C51H71N3O25/c1-24(55)66-22-34-38(77-48-43(73-30(7)61)41(71-28(5)59)37(69-26(3)57)35(76-48)23-67-25(2)56)40(70-27(4)58)42(72-29(6)60)46(74-34)52-45(63)32(19-36(62)68-21-31-17-15-14-16-18-31)54(49(64)53-50(8,9)10)20-33-39-44(47(65-13)75-33)79-51(11,12)78-39/h14-18,32-35,37-44,46-48H,19-23H2,1-13H3,(H,52,63)(H,53,64)/t32?,33-,34-,35-,37-,38-,39-,40+,41+,42-,43-,44-,46-,47-,48+/m1/s1. The van der Waals surface area contributed by atoms with Gasteiger partial charge < -0.3 is 86.6 Å². The van der Waals surface area contributed by atoms with E-state index in [0.29, 0.717) is 5.56 Å². The minimum Gasteiger partial charge on any atom is -0.463 e. The number of hydrogen-bond donors (Lipinski definition) is 2. The van der Waals surface area contributed by atoms with E-state index in [4.69, 9.17) is 71.1 Å². The molecule has 0 spiro atoms. The Hall–Kier alpha value is -6.56. The van der Waals surface area contributed by atoms with E-state index in [1.54, 1.807) is 65.0 Å². The molecule has 28 heteroatoms. The number of nitrogens with zero attached hydrogens (tertiary/aromatic N) is 1. The first-order valence-corrected chi connectivity index (χ1v) is 25.2. The molecule has 3 amide bonds. The Bertz CT molecular complexity index is 2360. The maximum atomic E-state index is 15.3. The predicted molar refractivity (Wildman–Crippen MR) is 261 cm³/mol. The van der Waals surface area contributed by atoms with Gasteiger partial charge in [0.2, 0.25) is 5.91 Å². The van der Waals surface area contributed by atoms with Gasteiger partial charge in [-0.2, -0.15) is 0 Å². The Labute approximate surface area is 455 Å². The Morgan fingerprint density at radius 1 is 0.595 bits per heavy atom. The minimum atomic E-state index is -1.99. The Balaban J connectivity index is 1.63. The van der Waals surface area contributed by atoms with Gasteiger partial charge in [0, 0.05) is 61.1 Å². The van der Waals surface area contributed by atoms with Gasteiger partial charge in [0.1, 0.15) is 62.5 Å². The number of amides is 3. The third-order valence-corrected chi connectivity index (χ3v) is 12.0. The van der Waals surface area contributed by atoms with Crippen LogP contribution in [-0.4, -0.2) is 195 Å². The van der Waals surface area contributed by atoms with Crippen LogP contribution in [0.1, 0.15) is 95.1 Å². The number of hydrogen-bond acceptors (Lipinski definition) is 25. The Kier molecular flexibility index (Phi) is 22.1. The van der Waals surface area contributed by atoms with E-state index in [9.17, 15) is 43.2 Å². The molecule has 0 radical (unpaired) electrons. The molecule has 0 bridgehead atoms. The monoisotopic (exact) mass is 1130 g/mol. The normalized spacial score (nSPS) is 29.2. The van der Waals surface area contributed by atoms with Crippen LogP contribution in [0.5, 0.6) is 0 Å². The van der Waals surface area contributed by atoms with Crippen molar-refractivity contribution in [3.8, 4) is 0 Å². The molecule has 0 aromatic heterocycles. The Morgan fingerprint density at radius 2 is 1.09 bits per heavy atom. The lowest BCUT2D eigenvalue weighted by Crippen LogP contribution is -2.69. The highest BCUT2D eigenvalue weighted by Crippen LogP contribution is 2.40. The number of ether oxygens (including phenoxy) is 15. The molecule has 4 aliphatic rings. The number of rotatable bonds is 21. The summed E-state index contributed by atoms with van der Waals surface area (Å²) in [5.74, 6) is -9.99. The maximum absolute atomic E-state index is 15.3. The smallest absolute Gasteiger partial charge is 0.318 e. The molecule has 15 atom stereocenters. The first-order chi connectivity index (χ1) is 36.9. The SMILES string of the molecule is CO[C@@H]1O[C@H](CN(C(=O)NC(C)(C)C)C(CC(=O)OCc2ccccc2)C(=O)N[C@@H]2O[C@H](COC(C)=O)[C@@H](O[C@@H]3O[C@H](COC(C)=O)[C@@H](OC(C)=O)[C@H](OC(C)=O)[C@H]3OC(C)=O)[C@H](OC(C)=O)[C@H]2OC(C)=O)[C@H]2OC(C)(C)O[C@@H]12. The highest BCUT2D eigenvalue weighted by molar-refractivity contribution is 5.91. The van der Waals surface area contributed by atoms with E-state index in [-0.39, 0.29) is 6.61 Å². The van der Waals surface area contributed by atoms with E-state index in [0.717, 1.165) is 53.4 Å². The van der Waals surface area contributed by atoms with Crippen LogP contribution in [0.25, 0.3) is 0 Å². The van der Waals surface area contributed by atoms with Crippen molar-refractivity contribution in [2.45, 2.75) is 199 Å². The van der Waals surface area contributed by atoms with Gasteiger partial charge in [0.25, 0.3) is 0 Å². The molecule has 0 aliphatic carbocycles. The average Bonchev–Trinajstić information content (AvgIpc) is 3.98. The molecule has 4 fully saturated rings. The average molecular weight is 1130 g/mol. The molecule has 79 heavy (non-hydrogen) atoms. The molecule has 1 aromatic carbocycles. The fourth-order valence-corrected chi connectivity index (χ4v) is 9.08. The van der Waals surface area contributed by atoms with Crippen molar-refractivity contribution in [2.75, 3.05) is 26.9 Å². The van der Waals surface area contributed by atoms with Gasteiger partial charge in [-0.25, -0.2) is 4.79 Å². The quantitative estimate of drug-likeness (QED) is 0.128. The van der Waals surface area contributed by atoms with Crippen LogP contribution in [0.2, 0.25) is 0 Å². The van der Waals surface area contributed by atoms with Crippen LogP contribution in [0, 0.1) is 0 Å². The van der Waals surface area contributed by atoms with Gasteiger partial charge in [-0.05, 0) is 40.2 Å². The fourth-order valence-electron chi connectivity index (χ4n) is 9.08. The highest BCUT2D eigenvalue weighted by Gasteiger charge is 2.59. The van der Waals surface area contributed by atoms with Crippen molar-refractivity contribution in [3.63, 3.8) is 0 Å². The van der Waals surface area contributed by atoms with Crippen LogP contribution >= 0.6 is 0 Å². The van der Waals surface area contributed by atoms with E-state index in [1.807, 2.05) is 0 Å². The molecule has 4 saturated heterocycles. The van der Waals surface area contributed by atoms with Gasteiger partial charge in [-0.3, -0.25) is 43.2 Å². The van der Waals surface area contributed by atoms with E-state index < -0.39 is 189 Å². The maximum Gasteiger partial charge on any atom is 0.318 e. The summed E-state index contributed by atoms with van der Waals surface area (Å²) in [6, 6.07) is 5.85. The summed E-state index contributed by atoms with van der Waals surface area (Å²) in [6.45, 7) is 13.2. The number of carbonyl (C=O) groups excluding carboxylic acids is 10. The fraction of sp³-hybridized carbons (Fsp3) is 0.686. The van der Waals surface area contributed by atoms with Crippen LogP contribution < -0.4 is 10.6 Å². The van der Waals surface area contributed by atoms with Gasteiger partial charge in [-0.15, -0.1) is 0 Å². The van der Waals surface area contributed by atoms with Gasteiger partial charge >= 0.3 is 53.8 Å². The lowest BCUT2D eigenvalue weighted by molar-refractivity contribution is -0.345. The summed E-state index contributed by atoms with van der Waals surface area (Å²) in [5.41, 5.74) is -0.362. The highest BCUT2D eigenvalue weighted by atomic mass is 16.8. The summed E-state index contributed by atoms with van der Waals surface area (Å²) >= 11 is 0. The van der Waals surface area contributed by atoms with Gasteiger partial charge in [-0.1, -0.05) is 30.3 Å². The largest absolute Gasteiger partial charge is 0.463 e. The molecule has 0 saturated carbocycles. The molecule has 440 valence electrons. The molecule has 4 heterocycles. The second kappa shape index (κ2) is 27.5. The summed E-state index contributed by atoms with van der Waals surface area (Å²) in [4.78, 5) is 134. The molecule has 4 aliphatic heterocycles. The second-order valence-corrected chi connectivity index (χ2v) is 20.3. The number of fused-ring (bicyclic) bond motifs is 1. The van der Waals surface area contributed by atoms with Crippen LogP contribution in [-0.2, 0) is 121 Å². The summed E-state index contributed by atoms with van der Waals surface area (Å²) in [6.07, 6.45) is -22.8. The van der Waals surface area contributed by atoms with Crippen molar-refractivity contribution >= 4 is 59.7 Å². The van der Waals surface area contributed by atoms with Crippen LogP contribution in [0.4, 0.5) is 4.79 Å². The van der Waals surface area contributed by atoms with Gasteiger partial charge in [0.15, 0.2) is 55.1 Å². The van der Waals surface area contributed by atoms with Crippen LogP contribution in [0.15, 0.2) is 30.3 Å². The number of benzene rings is 1. The number of carbonyl (C=O) groups is 10. The van der Waals surface area contributed by atoms with Crippen molar-refractivity contribution in [2.24, 2.45) is 0 Å². The van der Waals surface area contributed by atoms with Crippen LogP contribution in [0.3, 0.4) is 0 Å². The zero-order valence-electron chi connectivity index (χ0n) is 46.2. The first-order valence-electron chi connectivity index (χ1n) is 25.2. The lowest BCUT2D eigenvalue weighted by Gasteiger charge is -2.49. The van der Waals surface area contributed by atoms with E-state index in [2.05, 4.69) is 10.6 Å². The first kappa shape index (κ1) is 63.3. The molecule has 2 N–H and O–H groups in total. The number of esters is 8. The van der Waals surface area contributed by atoms with Crippen molar-refractivity contribution in [1.82, 2.24) is 15.5 Å². The number of nitrogens with one attached hydrogen (secondary N) is 2. The predicted octanol–water partition coefficient (Wildman–Crippen LogP) is 0.926. The Morgan fingerprint density at radius 3 is 1.62 bits per heavy atom. The number of urea groups is 1. The van der Waals surface area contributed by atoms with E-state index >= 15 is 4.79 Å². The molecular weight excluding hydrogens is 1050 g/mol. The molecular formula is C51H71N3O25. The van der Waals surface area contributed by atoms with E-state index in [1.165, 1.54) is 7.11 Å². The summed E-state index contributed by atoms with van der Waals surface area (Å²) < 4.78 is 87.4. The molecule has 28 nitrogen and oxygen atoms in total. The summed E-state index contributed by atoms with van der Waals surface area (Å²) in [7, 11) is 1.38. The van der Waals surface area contributed by atoms with Crippen molar-refractivity contribution < 1.29 is 119 Å². The van der Waals surface area contributed by atoms with Crippen molar-refractivity contribution in [3.05, 3.63) is 35.9 Å². The van der Waals surface area contributed by atoms with Crippen molar-refractivity contribution in [1.29, 1.82) is 0 Å². The third kappa shape index (κ3) is 18.2. The molecule has 1 aromatic rings. The minimum absolute atomic E-state index is 0.240. The number of methoxy groups -OCH3 is 1. The lowest BCUT2D eigenvalue weighted by atomic mass is 9.95. The molecule has 5 rings (SSSR count). The zero-order valence-corrected chi connectivity index (χ0v) is 46.2.